The molecule has 3 aromatic rings. The topological polar surface area (TPSA) is 48.8 Å². The molecule has 0 unspecified atom stereocenters. The van der Waals surface area contributed by atoms with Crippen LogP contribution >= 0.6 is 0 Å². The summed E-state index contributed by atoms with van der Waals surface area (Å²) in [6.07, 6.45) is 1.49. The van der Waals surface area contributed by atoms with E-state index in [1.807, 2.05) is 36.4 Å². The van der Waals surface area contributed by atoms with Crippen molar-refractivity contribution in [3.63, 3.8) is 0 Å². The zero-order chi connectivity index (χ0) is 13.9. The lowest BCUT2D eigenvalue weighted by atomic mass is 10.1. The standard InChI is InChI=1S/C16H11FN2O/c17-16-14(20-10-11-4-2-1-3-5-11)7-6-13-15(16)12(8-18)9-19-13/h1-7,9,19H,10H2. The molecule has 0 amide bonds. The highest BCUT2D eigenvalue weighted by Gasteiger charge is 2.13. The quantitative estimate of drug-likeness (QED) is 0.784. The summed E-state index contributed by atoms with van der Waals surface area (Å²) in [6.45, 7) is 0.287. The maximum atomic E-state index is 14.4. The van der Waals surface area contributed by atoms with Crippen LogP contribution in [-0.4, -0.2) is 4.98 Å². The summed E-state index contributed by atoms with van der Waals surface area (Å²) in [4.78, 5) is 2.86. The van der Waals surface area contributed by atoms with Crippen LogP contribution in [0.4, 0.5) is 4.39 Å². The number of ether oxygens (including phenoxy) is 1. The molecule has 1 heterocycles. The van der Waals surface area contributed by atoms with Gasteiger partial charge in [-0.3, -0.25) is 0 Å². The van der Waals surface area contributed by atoms with E-state index in [0.29, 0.717) is 5.52 Å². The summed E-state index contributed by atoms with van der Waals surface area (Å²) in [5, 5.41) is 9.25. The van der Waals surface area contributed by atoms with Crippen molar-refractivity contribution < 1.29 is 9.13 Å². The molecule has 0 spiro atoms. The Morgan fingerprint density at radius 1 is 1.15 bits per heavy atom. The molecule has 0 aliphatic carbocycles. The smallest absolute Gasteiger partial charge is 0.175 e. The molecule has 0 aliphatic heterocycles. The van der Waals surface area contributed by atoms with Crippen LogP contribution in [0.5, 0.6) is 5.75 Å². The molecule has 0 saturated heterocycles. The van der Waals surface area contributed by atoms with E-state index in [0.717, 1.165) is 5.56 Å². The second-order valence-corrected chi connectivity index (χ2v) is 4.39. The number of nitriles is 1. The summed E-state index contributed by atoms with van der Waals surface area (Å²) in [5.74, 6) is -0.353. The largest absolute Gasteiger partial charge is 0.486 e. The van der Waals surface area contributed by atoms with Crippen LogP contribution in [0.15, 0.2) is 48.7 Å². The first-order chi connectivity index (χ1) is 9.79. The molecule has 0 aliphatic rings. The molecule has 98 valence electrons. The van der Waals surface area contributed by atoms with Gasteiger partial charge in [0.25, 0.3) is 0 Å². The first-order valence-electron chi connectivity index (χ1n) is 6.16. The fraction of sp³-hybridized carbons (Fsp3) is 0.0625. The summed E-state index contributed by atoms with van der Waals surface area (Å²) in [5.41, 5.74) is 1.83. The van der Waals surface area contributed by atoms with Gasteiger partial charge in [0.1, 0.15) is 12.7 Å². The van der Waals surface area contributed by atoms with Gasteiger partial charge in [-0.05, 0) is 17.7 Å². The third-order valence-corrected chi connectivity index (χ3v) is 3.11. The van der Waals surface area contributed by atoms with Crippen molar-refractivity contribution in [2.45, 2.75) is 6.61 Å². The minimum Gasteiger partial charge on any atom is -0.486 e. The molecule has 3 rings (SSSR count). The zero-order valence-corrected chi connectivity index (χ0v) is 10.6. The second kappa shape index (κ2) is 5.06. The lowest BCUT2D eigenvalue weighted by molar-refractivity contribution is 0.291. The molecule has 3 nitrogen and oxygen atoms in total. The van der Waals surface area contributed by atoms with Crippen molar-refractivity contribution in [3.05, 3.63) is 65.6 Å². The van der Waals surface area contributed by atoms with Gasteiger partial charge < -0.3 is 9.72 Å². The van der Waals surface area contributed by atoms with E-state index in [2.05, 4.69) is 4.98 Å². The van der Waals surface area contributed by atoms with Gasteiger partial charge in [-0.1, -0.05) is 30.3 Å². The van der Waals surface area contributed by atoms with Gasteiger partial charge in [0.15, 0.2) is 11.6 Å². The summed E-state index contributed by atoms with van der Waals surface area (Å²) < 4.78 is 19.9. The molecule has 2 aromatic carbocycles. The van der Waals surface area contributed by atoms with E-state index in [1.165, 1.54) is 6.20 Å². The van der Waals surface area contributed by atoms with E-state index in [4.69, 9.17) is 10.00 Å². The monoisotopic (exact) mass is 266 g/mol. The number of nitrogens with zero attached hydrogens (tertiary/aromatic N) is 1. The minimum absolute atomic E-state index is 0.150. The molecule has 1 N–H and O–H groups in total. The zero-order valence-electron chi connectivity index (χ0n) is 10.6. The lowest BCUT2D eigenvalue weighted by Gasteiger charge is -2.08. The number of nitrogens with one attached hydrogen (secondary N) is 1. The molecule has 0 bridgehead atoms. The van der Waals surface area contributed by atoms with E-state index in [1.54, 1.807) is 12.1 Å². The predicted molar refractivity (Wildman–Crippen MR) is 73.7 cm³/mol. The Morgan fingerprint density at radius 2 is 1.95 bits per heavy atom. The van der Waals surface area contributed by atoms with Gasteiger partial charge in [0, 0.05) is 11.7 Å². The van der Waals surface area contributed by atoms with E-state index >= 15 is 0 Å². The number of aromatic nitrogens is 1. The van der Waals surface area contributed by atoms with E-state index < -0.39 is 5.82 Å². The van der Waals surface area contributed by atoms with Crippen molar-refractivity contribution in [2.75, 3.05) is 0 Å². The van der Waals surface area contributed by atoms with Crippen LogP contribution in [0.25, 0.3) is 10.9 Å². The van der Waals surface area contributed by atoms with Gasteiger partial charge in [0.2, 0.25) is 0 Å². The number of halogens is 1. The molecule has 4 heteroatoms. The minimum atomic E-state index is -0.503. The summed E-state index contributed by atoms with van der Waals surface area (Å²) >= 11 is 0. The number of fused-ring (bicyclic) bond motifs is 1. The normalized spacial score (nSPS) is 10.4. The second-order valence-electron chi connectivity index (χ2n) is 4.39. The van der Waals surface area contributed by atoms with Gasteiger partial charge in [-0.2, -0.15) is 5.26 Å². The fourth-order valence-electron chi connectivity index (χ4n) is 2.10. The molecule has 1 aromatic heterocycles. The molecule has 0 atom stereocenters. The van der Waals surface area contributed by atoms with Crippen LogP contribution in [-0.2, 0) is 6.61 Å². The summed E-state index contributed by atoms with van der Waals surface area (Å²) in [7, 11) is 0. The molecule has 20 heavy (non-hydrogen) atoms. The van der Waals surface area contributed by atoms with Crippen molar-refractivity contribution in [1.82, 2.24) is 4.98 Å². The average molecular weight is 266 g/mol. The van der Waals surface area contributed by atoms with Crippen LogP contribution in [0.3, 0.4) is 0 Å². The first kappa shape index (κ1) is 12.2. The van der Waals surface area contributed by atoms with E-state index in [-0.39, 0.29) is 23.3 Å². The maximum absolute atomic E-state index is 14.4. The van der Waals surface area contributed by atoms with Crippen LogP contribution in [0, 0.1) is 17.1 Å². The van der Waals surface area contributed by atoms with Crippen molar-refractivity contribution in [1.29, 1.82) is 5.26 Å². The predicted octanol–water partition coefficient (Wildman–Crippen LogP) is 3.76. The average Bonchev–Trinajstić information content (AvgIpc) is 2.91. The molecule has 0 radical (unpaired) electrons. The number of rotatable bonds is 3. The number of hydrogen-bond donors (Lipinski definition) is 1. The third kappa shape index (κ3) is 2.10. The van der Waals surface area contributed by atoms with Crippen molar-refractivity contribution in [2.24, 2.45) is 0 Å². The van der Waals surface area contributed by atoms with Gasteiger partial charge in [-0.25, -0.2) is 4.39 Å². The number of benzene rings is 2. The Kier molecular flexibility index (Phi) is 3.10. The number of aromatic amines is 1. The molecular weight excluding hydrogens is 255 g/mol. The molecular formula is C16H11FN2O. The van der Waals surface area contributed by atoms with Crippen molar-refractivity contribution >= 4 is 10.9 Å². The highest BCUT2D eigenvalue weighted by atomic mass is 19.1. The summed E-state index contributed by atoms with van der Waals surface area (Å²) in [6, 6.07) is 14.8. The number of hydrogen-bond acceptors (Lipinski definition) is 2. The Morgan fingerprint density at radius 3 is 2.70 bits per heavy atom. The molecule has 0 saturated carbocycles. The highest BCUT2D eigenvalue weighted by Crippen LogP contribution is 2.28. The van der Waals surface area contributed by atoms with Gasteiger partial charge >= 0.3 is 0 Å². The van der Waals surface area contributed by atoms with Crippen molar-refractivity contribution in [3.8, 4) is 11.8 Å². The SMILES string of the molecule is N#Cc1c[nH]c2ccc(OCc3ccccc3)c(F)c12. The maximum Gasteiger partial charge on any atom is 0.175 e. The van der Waals surface area contributed by atoms with E-state index in [9.17, 15) is 4.39 Å². The van der Waals surface area contributed by atoms with Gasteiger partial charge in [-0.15, -0.1) is 0 Å². The Balaban J connectivity index is 1.92. The first-order valence-corrected chi connectivity index (χ1v) is 6.16. The number of H-pyrrole nitrogens is 1. The van der Waals surface area contributed by atoms with Crippen LogP contribution in [0.2, 0.25) is 0 Å². The van der Waals surface area contributed by atoms with Crippen LogP contribution in [0.1, 0.15) is 11.1 Å². The van der Waals surface area contributed by atoms with Gasteiger partial charge in [0.05, 0.1) is 10.9 Å². The van der Waals surface area contributed by atoms with Crippen LogP contribution < -0.4 is 4.74 Å². The Labute approximate surface area is 115 Å². The third-order valence-electron chi connectivity index (χ3n) is 3.11. The highest BCUT2D eigenvalue weighted by molar-refractivity contribution is 5.87. The Bertz CT molecular complexity index is 787. The fourth-order valence-corrected chi connectivity index (χ4v) is 2.10. The lowest BCUT2D eigenvalue weighted by Crippen LogP contribution is -1.97. The molecule has 0 fully saturated rings. The Hall–Kier alpha value is -2.80.